The second-order valence-electron chi connectivity index (χ2n) is 5.93. The summed E-state index contributed by atoms with van der Waals surface area (Å²) in [6.07, 6.45) is 2.37. The van der Waals surface area contributed by atoms with Crippen molar-refractivity contribution in [3.8, 4) is 0 Å². The van der Waals surface area contributed by atoms with Gasteiger partial charge in [0.05, 0.1) is 6.67 Å². The molecule has 1 N–H and O–H groups in total. The van der Waals surface area contributed by atoms with Crippen molar-refractivity contribution in [2.45, 2.75) is 25.6 Å². The van der Waals surface area contributed by atoms with Crippen molar-refractivity contribution < 1.29 is 4.39 Å². The molecule has 0 aliphatic carbocycles. The third-order valence-electron chi connectivity index (χ3n) is 4.25. The number of benzene rings is 1. The Kier molecular flexibility index (Phi) is 4.93. The second kappa shape index (κ2) is 7.33. The zero-order valence-electron chi connectivity index (χ0n) is 13.4. The van der Waals surface area contributed by atoms with Crippen LogP contribution in [0.3, 0.4) is 0 Å². The van der Waals surface area contributed by atoms with Gasteiger partial charge in [-0.1, -0.05) is 17.4 Å². The summed E-state index contributed by atoms with van der Waals surface area (Å²) in [6.45, 7) is 1.76. The molecule has 1 atom stereocenters. The van der Waals surface area contributed by atoms with E-state index in [1.54, 1.807) is 12.1 Å². The number of rotatable bonds is 5. The summed E-state index contributed by atoms with van der Waals surface area (Å²) >= 11 is 8.72. The number of hydrogen-bond donors (Lipinski definition) is 1. The van der Waals surface area contributed by atoms with Crippen LogP contribution in [0, 0.1) is 9.77 Å². The lowest BCUT2D eigenvalue weighted by atomic mass is 10.2. The third kappa shape index (κ3) is 3.82. The molecule has 4 rings (SSSR count). The normalized spacial score (nSPS) is 17.9. The Morgan fingerprint density at radius 2 is 2.12 bits per heavy atom. The van der Waals surface area contributed by atoms with E-state index in [-0.39, 0.29) is 5.82 Å². The maximum absolute atomic E-state index is 13.0. The van der Waals surface area contributed by atoms with Crippen molar-refractivity contribution in [3.63, 3.8) is 0 Å². The lowest BCUT2D eigenvalue weighted by Crippen LogP contribution is -2.26. The minimum absolute atomic E-state index is 0.252. The highest BCUT2D eigenvalue weighted by Gasteiger charge is 2.27. The molecule has 0 radical (unpaired) electrons. The highest BCUT2D eigenvalue weighted by Crippen LogP contribution is 2.35. The molecule has 1 aliphatic rings. The Balaban J connectivity index is 1.49. The average Bonchev–Trinajstić information content (AvgIpc) is 3.32. The van der Waals surface area contributed by atoms with Crippen molar-refractivity contribution in [2.75, 3.05) is 11.9 Å². The van der Waals surface area contributed by atoms with Crippen LogP contribution in [0.25, 0.3) is 0 Å². The van der Waals surface area contributed by atoms with Gasteiger partial charge in [-0.25, -0.2) is 9.07 Å². The van der Waals surface area contributed by atoms with Crippen LogP contribution in [0.2, 0.25) is 0 Å². The van der Waals surface area contributed by atoms with Gasteiger partial charge in [-0.3, -0.25) is 4.90 Å². The smallest absolute Gasteiger partial charge is 0.209 e. The molecule has 3 heterocycles. The van der Waals surface area contributed by atoms with Crippen molar-refractivity contribution in [1.29, 1.82) is 0 Å². The number of anilines is 2. The minimum atomic E-state index is -0.252. The molecule has 130 valence electrons. The lowest BCUT2D eigenvalue weighted by Gasteiger charge is -2.23. The van der Waals surface area contributed by atoms with Gasteiger partial charge >= 0.3 is 0 Å². The molecule has 0 amide bonds. The van der Waals surface area contributed by atoms with Gasteiger partial charge in [0, 0.05) is 23.2 Å². The van der Waals surface area contributed by atoms with Crippen molar-refractivity contribution in [2.24, 2.45) is 0 Å². The van der Waals surface area contributed by atoms with E-state index in [9.17, 15) is 4.39 Å². The predicted octanol–water partition coefficient (Wildman–Crippen LogP) is 5.41. The first-order chi connectivity index (χ1) is 12.2. The number of nitrogens with one attached hydrogen (secondary N) is 1. The van der Waals surface area contributed by atoms with Crippen LogP contribution >= 0.6 is 34.9 Å². The lowest BCUT2D eigenvalue weighted by molar-refractivity contribution is 0.193. The van der Waals surface area contributed by atoms with E-state index >= 15 is 0 Å². The number of nitrogens with zero attached hydrogens (tertiary/aromatic N) is 3. The van der Waals surface area contributed by atoms with Crippen molar-refractivity contribution in [1.82, 2.24) is 14.7 Å². The molecule has 0 spiro atoms. The van der Waals surface area contributed by atoms with Crippen LogP contribution in [-0.2, 0) is 6.67 Å². The summed E-state index contributed by atoms with van der Waals surface area (Å²) in [7, 11) is 0. The monoisotopic (exact) mass is 392 g/mol. The summed E-state index contributed by atoms with van der Waals surface area (Å²) in [5.74, 6) is -0.252. The zero-order valence-corrected chi connectivity index (χ0v) is 15.8. The van der Waals surface area contributed by atoms with Gasteiger partial charge in [0.2, 0.25) is 5.13 Å². The first-order valence-corrected chi connectivity index (χ1v) is 10.2. The van der Waals surface area contributed by atoms with Crippen molar-refractivity contribution in [3.05, 3.63) is 56.4 Å². The largest absolute Gasteiger partial charge is 0.330 e. The number of halogens is 1. The van der Waals surface area contributed by atoms with Crippen LogP contribution in [0.1, 0.15) is 23.8 Å². The molecule has 1 saturated heterocycles. The summed E-state index contributed by atoms with van der Waals surface area (Å²) in [5, 5.41) is 10.6. The zero-order chi connectivity index (χ0) is 17.2. The number of aromatic nitrogens is 2. The highest BCUT2D eigenvalue weighted by molar-refractivity contribution is 7.73. The van der Waals surface area contributed by atoms with Gasteiger partial charge in [0.15, 0.2) is 3.95 Å². The van der Waals surface area contributed by atoms with Gasteiger partial charge in [0.25, 0.3) is 0 Å². The van der Waals surface area contributed by atoms with E-state index in [1.807, 2.05) is 16.0 Å². The first-order valence-electron chi connectivity index (χ1n) is 8.07. The molecule has 8 heteroatoms. The Labute approximate surface area is 158 Å². The molecular weight excluding hydrogens is 375 g/mol. The van der Waals surface area contributed by atoms with Gasteiger partial charge in [-0.15, -0.1) is 16.4 Å². The number of thiophene rings is 1. The molecule has 1 aromatic carbocycles. The predicted molar refractivity (Wildman–Crippen MR) is 104 cm³/mol. The molecule has 4 nitrogen and oxygen atoms in total. The maximum atomic E-state index is 13.0. The Hall–Kier alpha value is -1.61. The summed E-state index contributed by atoms with van der Waals surface area (Å²) in [6, 6.07) is 11.0. The number of hydrogen-bond acceptors (Lipinski definition) is 6. The highest BCUT2D eigenvalue weighted by atomic mass is 32.1. The molecule has 2 aromatic heterocycles. The summed E-state index contributed by atoms with van der Waals surface area (Å²) in [5.41, 5.74) is 0.801. The summed E-state index contributed by atoms with van der Waals surface area (Å²) in [4.78, 5) is 3.84. The molecule has 0 bridgehead atoms. The molecule has 1 aliphatic heterocycles. The number of likely N-dealkylation sites (tertiary alicyclic amines) is 1. The first kappa shape index (κ1) is 16.8. The van der Waals surface area contributed by atoms with Crippen LogP contribution in [0.15, 0.2) is 41.8 Å². The fraction of sp³-hybridized carbons (Fsp3) is 0.294. The quantitative estimate of drug-likeness (QED) is 0.588. The van der Waals surface area contributed by atoms with Gasteiger partial charge in [-0.05, 0) is 60.8 Å². The SMILES string of the molecule is Fc1ccc(Nc2nn(CN3CCC[C@@H]3c3cccs3)c(=S)s2)cc1. The average molecular weight is 393 g/mol. The Morgan fingerprint density at radius 1 is 1.28 bits per heavy atom. The standard InChI is InChI=1S/C17H17FN4S3/c18-12-5-7-13(8-6-12)19-16-20-22(17(23)25-16)11-21-9-1-3-14(21)15-4-2-10-24-15/h2,4-8,10,14H,1,3,9,11H2,(H,19,20)/t14-/m1/s1. The van der Waals surface area contributed by atoms with Crippen LogP contribution in [-0.4, -0.2) is 21.2 Å². The van der Waals surface area contributed by atoms with Crippen LogP contribution < -0.4 is 5.32 Å². The summed E-state index contributed by atoms with van der Waals surface area (Å²) < 4.78 is 15.6. The molecule has 0 saturated carbocycles. The van der Waals surface area contributed by atoms with Crippen LogP contribution in [0.4, 0.5) is 15.2 Å². The van der Waals surface area contributed by atoms with E-state index < -0.39 is 0 Å². The molecule has 3 aromatic rings. The fourth-order valence-corrected chi connectivity index (χ4v) is 4.98. The van der Waals surface area contributed by atoms with Gasteiger partial charge in [0.1, 0.15) is 5.82 Å². The minimum Gasteiger partial charge on any atom is -0.330 e. The Morgan fingerprint density at radius 3 is 2.88 bits per heavy atom. The maximum Gasteiger partial charge on any atom is 0.209 e. The third-order valence-corrected chi connectivity index (χ3v) is 6.45. The molecular formula is C17H17FN4S3. The van der Waals surface area contributed by atoms with E-state index in [0.29, 0.717) is 12.7 Å². The second-order valence-corrected chi connectivity index (χ2v) is 8.53. The molecule has 1 fully saturated rings. The van der Waals surface area contributed by atoms with E-state index in [2.05, 4.69) is 32.8 Å². The van der Waals surface area contributed by atoms with Crippen molar-refractivity contribution >= 4 is 45.7 Å². The van der Waals surface area contributed by atoms with E-state index in [4.69, 9.17) is 12.2 Å². The van der Waals surface area contributed by atoms with Gasteiger partial charge < -0.3 is 5.32 Å². The fourth-order valence-electron chi connectivity index (χ4n) is 3.07. The molecule has 25 heavy (non-hydrogen) atoms. The van der Waals surface area contributed by atoms with Gasteiger partial charge in [-0.2, -0.15) is 0 Å². The topological polar surface area (TPSA) is 33.1 Å². The molecule has 0 unspecified atom stereocenters. The van der Waals surface area contributed by atoms with E-state index in [0.717, 1.165) is 21.3 Å². The Bertz CT molecular complexity index is 886. The van der Waals surface area contributed by atoms with E-state index in [1.165, 1.54) is 41.2 Å². The van der Waals surface area contributed by atoms with Crippen LogP contribution in [0.5, 0.6) is 0 Å².